The minimum Gasteiger partial charge on any atom is -0.508 e. The van der Waals surface area contributed by atoms with E-state index in [1.165, 1.54) is 12.1 Å². The third kappa shape index (κ3) is 3.79. The molecule has 0 amide bonds. The zero-order valence-electron chi connectivity index (χ0n) is 9.47. The van der Waals surface area contributed by atoms with Crippen molar-refractivity contribution in [2.75, 3.05) is 6.61 Å². The molecule has 1 aromatic carbocycles. The minimum absolute atomic E-state index is 0.0208. The number of Topliss-reactive ketones (excluding diaryl/α,β-unsaturated/α-hetero) is 1. The van der Waals surface area contributed by atoms with Crippen LogP contribution in [0.25, 0.3) is 0 Å². The standard InChI is InChI=1S/C12H14O5/c1-2-17-12(16)6-5-10(14)9-4-3-8(13)7-11(9)15/h3-4,7,13,15H,2,5-6H2,1H3. The minimum atomic E-state index is -0.445. The SMILES string of the molecule is CCOC(=O)CCC(=O)c1ccc(O)cc1O. The number of hydrogen-bond donors (Lipinski definition) is 2. The van der Waals surface area contributed by atoms with Gasteiger partial charge in [0, 0.05) is 12.5 Å². The Hall–Kier alpha value is -2.04. The fourth-order valence-corrected chi connectivity index (χ4v) is 1.34. The number of phenolic OH excluding ortho intramolecular Hbond substituents is 2. The molecule has 1 rings (SSSR count). The third-order valence-electron chi connectivity index (χ3n) is 2.14. The second-order valence-electron chi connectivity index (χ2n) is 3.43. The van der Waals surface area contributed by atoms with Gasteiger partial charge < -0.3 is 14.9 Å². The van der Waals surface area contributed by atoms with Crippen molar-refractivity contribution in [3.63, 3.8) is 0 Å². The largest absolute Gasteiger partial charge is 0.508 e. The third-order valence-corrected chi connectivity index (χ3v) is 2.14. The van der Waals surface area contributed by atoms with Crippen LogP contribution in [0.15, 0.2) is 18.2 Å². The second-order valence-corrected chi connectivity index (χ2v) is 3.43. The van der Waals surface area contributed by atoms with Gasteiger partial charge in [-0.2, -0.15) is 0 Å². The molecule has 0 heterocycles. The number of hydrogen-bond acceptors (Lipinski definition) is 5. The lowest BCUT2D eigenvalue weighted by Gasteiger charge is -2.04. The summed E-state index contributed by atoms with van der Waals surface area (Å²) in [6.07, 6.45) is -0.0514. The molecule has 2 N–H and O–H groups in total. The van der Waals surface area contributed by atoms with E-state index in [-0.39, 0.29) is 42.3 Å². The highest BCUT2D eigenvalue weighted by atomic mass is 16.5. The summed E-state index contributed by atoms with van der Waals surface area (Å²) in [5.41, 5.74) is 0.0899. The lowest BCUT2D eigenvalue weighted by Crippen LogP contribution is -2.08. The maximum Gasteiger partial charge on any atom is 0.306 e. The molecule has 0 aliphatic heterocycles. The summed E-state index contributed by atoms with van der Waals surface area (Å²) in [4.78, 5) is 22.7. The molecule has 92 valence electrons. The summed E-state index contributed by atoms with van der Waals surface area (Å²) < 4.78 is 4.68. The summed E-state index contributed by atoms with van der Waals surface area (Å²) in [5.74, 6) is -1.22. The van der Waals surface area contributed by atoms with Crippen molar-refractivity contribution < 1.29 is 24.5 Å². The number of ketones is 1. The van der Waals surface area contributed by atoms with Gasteiger partial charge in [-0.15, -0.1) is 0 Å². The zero-order chi connectivity index (χ0) is 12.8. The van der Waals surface area contributed by atoms with Crippen LogP contribution >= 0.6 is 0 Å². The molecule has 0 atom stereocenters. The van der Waals surface area contributed by atoms with Crippen LogP contribution in [0.3, 0.4) is 0 Å². The molecule has 0 saturated carbocycles. The number of esters is 1. The maximum atomic E-state index is 11.6. The number of phenols is 2. The van der Waals surface area contributed by atoms with Gasteiger partial charge in [0.05, 0.1) is 18.6 Å². The molecule has 0 fully saturated rings. The summed E-state index contributed by atoms with van der Waals surface area (Å²) in [6, 6.07) is 3.70. The predicted octanol–water partition coefficient (Wildman–Crippen LogP) is 1.62. The molecule has 0 saturated heterocycles. The van der Waals surface area contributed by atoms with E-state index in [2.05, 4.69) is 4.74 Å². The maximum absolute atomic E-state index is 11.6. The monoisotopic (exact) mass is 238 g/mol. The van der Waals surface area contributed by atoms with Gasteiger partial charge in [0.25, 0.3) is 0 Å². The van der Waals surface area contributed by atoms with E-state index in [4.69, 9.17) is 5.11 Å². The van der Waals surface area contributed by atoms with Crippen LogP contribution in [0.1, 0.15) is 30.1 Å². The Morgan fingerprint density at radius 3 is 2.53 bits per heavy atom. The highest BCUT2D eigenvalue weighted by Crippen LogP contribution is 2.23. The number of carbonyl (C=O) groups excluding carboxylic acids is 2. The molecule has 0 aromatic heterocycles. The summed E-state index contributed by atoms with van der Waals surface area (Å²) >= 11 is 0. The second kappa shape index (κ2) is 5.89. The van der Waals surface area contributed by atoms with Gasteiger partial charge in [0.1, 0.15) is 11.5 Å². The van der Waals surface area contributed by atoms with Crippen molar-refractivity contribution in [1.82, 2.24) is 0 Å². The Bertz CT molecular complexity index is 425. The van der Waals surface area contributed by atoms with Crippen molar-refractivity contribution in [2.24, 2.45) is 0 Å². The van der Waals surface area contributed by atoms with Crippen molar-refractivity contribution in [2.45, 2.75) is 19.8 Å². The quantitative estimate of drug-likeness (QED) is 0.601. The molecule has 1 aromatic rings. The summed E-state index contributed by atoms with van der Waals surface area (Å²) in [7, 11) is 0. The zero-order valence-corrected chi connectivity index (χ0v) is 9.47. The first-order valence-electron chi connectivity index (χ1n) is 5.25. The van der Waals surface area contributed by atoms with Gasteiger partial charge in [-0.25, -0.2) is 0 Å². The summed E-state index contributed by atoms with van der Waals surface area (Å²) in [6.45, 7) is 1.96. The molecule has 0 spiro atoms. The Kier molecular flexibility index (Phi) is 4.51. The van der Waals surface area contributed by atoms with E-state index in [0.29, 0.717) is 0 Å². The fraction of sp³-hybridized carbons (Fsp3) is 0.333. The molecule has 5 nitrogen and oxygen atoms in total. The first kappa shape index (κ1) is 13.0. The average molecular weight is 238 g/mol. The molecule has 0 aliphatic rings. The van der Waals surface area contributed by atoms with Crippen LogP contribution in [-0.2, 0) is 9.53 Å². The molecule has 0 radical (unpaired) electrons. The van der Waals surface area contributed by atoms with Gasteiger partial charge in [0.15, 0.2) is 5.78 Å². The van der Waals surface area contributed by atoms with E-state index in [1.54, 1.807) is 6.92 Å². The Labute approximate surface area is 98.6 Å². The first-order chi connectivity index (χ1) is 8.04. The molecule has 0 bridgehead atoms. The number of ether oxygens (including phenoxy) is 1. The van der Waals surface area contributed by atoms with E-state index < -0.39 is 5.97 Å². The Morgan fingerprint density at radius 1 is 1.24 bits per heavy atom. The van der Waals surface area contributed by atoms with E-state index in [9.17, 15) is 14.7 Å². The van der Waals surface area contributed by atoms with Crippen LogP contribution in [0.4, 0.5) is 0 Å². The van der Waals surface area contributed by atoms with Gasteiger partial charge in [-0.3, -0.25) is 9.59 Å². The fourth-order valence-electron chi connectivity index (χ4n) is 1.34. The Morgan fingerprint density at radius 2 is 1.94 bits per heavy atom. The Balaban J connectivity index is 2.61. The van der Waals surface area contributed by atoms with Crippen molar-refractivity contribution in [3.05, 3.63) is 23.8 Å². The molecule has 0 aliphatic carbocycles. The number of aromatic hydroxyl groups is 2. The van der Waals surface area contributed by atoms with Crippen LogP contribution in [0.5, 0.6) is 11.5 Å². The predicted molar refractivity (Wildman–Crippen MR) is 60.0 cm³/mol. The smallest absolute Gasteiger partial charge is 0.306 e. The molecule has 17 heavy (non-hydrogen) atoms. The highest BCUT2D eigenvalue weighted by molar-refractivity contribution is 5.99. The lowest BCUT2D eigenvalue weighted by atomic mass is 10.1. The van der Waals surface area contributed by atoms with Crippen LogP contribution < -0.4 is 0 Å². The van der Waals surface area contributed by atoms with Gasteiger partial charge in [-0.1, -0.05) is 0 Å². The molecule has 5 heteroatoms. The average Bonchev–Trinajstić information content (AvgIpc) is 2.26. The van der Waals surface area contributed by atoms with Crippen LogP contribution in [-0.4, -0.2) is 28.6 Å². The lowest BCUT2D eigenvalue weighted by molar-refractivity contribution is -0.143. The highest BCUT2D eigenvalue weighted by Gasteiger charge is 2.13. The van der Waals surface area contributed by atoms with E-state index in [0.717, 1.165) is 6.07 Å². The molecule has 0 unspecified atom stereocenters. The number of benzene rings is 1. The molecular formula is C12H14O5. The van der Waals surface area contributed by atoms with Crippen molar-refractivity contribution in [1.29, 1.82) is 0 Å². The van der Waals surface area contributed by atoms with Gasteiger partial charge in [0.2, 0.25) is 0 Å². The topological polar surface area (TPSA) is 83.8 Å². The van der Waals surface area contributed by atoms with E-state index in [1.807, 2.05) is 0 Å². The molecular weight excluding hydrogens is 224 g/mol. The van der Waals surface area contributed by atoms with E-state index >= 15 is 0 Å². The van der Waals surface area contributed by atoms with Crippen molar-refractivity contribution >= 4 is 11.8 Å². The first-order valence-corrected chi connectivity index (χ1v) is 5.25. The normalized spacial score (nSPS) is 9.94. The van der Waals surface area contributed by atoms with Crippen LogP contribution in [0.2, 0.25) is 0 Å². The van der Waals surface area contributed by atoms with Crippen LogP contribution in [0, 0.1) is 0 Å². The van der Waals surface area contributed by atoms with Gasteiger partial charge >= 0.3 is 5.97 Å². The van der Waals surface area contributed by atoms with Gasteiger partial charge in [-0.05, 0) is 19.1 Å². The number of carbonyl (C=O) groups is 2. The van der Waals surface area contributed by atoms with Crippen molar-refractivity contribution in [3.8, 4) is 11.5 Å². The summed E-state index contributed by atoms with van der Waals surface area (Å²) in [5, 5.41) is 18.5. The number of rotatable bonds is 5.